The Morgan fingerprint density at radius 3 is 2.90 bits per heavy atom. The Morgan fingerprint density at radius 2 is 2.14 bits per heavy atom. The Kier molecular flexibility index (Phi) is 3.43. The number of anilines is 1. The number of methoxy groups -OCH3 is 1. The Bertz CT molecular complexity index is 816. The number of ether oxygens (including phenoxy) is 1. The standard InChI is InChI=1S/C15H13ClFN3O/c1-21-14-4-2-3-11(16)10(14)8-20-13-7-9(17)5-6-12(13)19-15(20)18/h2-7H,8H2,1H3,(H2,18,19). The van der Waals surface area contributed by atoms with E-state index in [2.05, 4.69) is 4.98 Å². The molecule has 1 heterocycles. The molecule has 0 bridgehead atoms. The number of nitrogens with zero attached hydrogens (tertiary/aromatic N) is 2. The lowest BCUT2D eigenvalue weighted by atomic mass is 10.2. The highest BCUT2D eigenvalue weighted by atomic mass is 35.5. The molecule has 0 saturated carbocycles. The quantitative estimate of drug-likeness (QED) is 0.806. The number of halogens is 2. The summed E-state index contributed by atoms with van der Waals surface area (Å²) in [5, 5.41) is 0.562. The third-order valence-corrected chi connectivity index (χ3v) is 3.71. The van der Waals surface area contributed by atoms with Crippen molar-refractivity contribution in [1.82, 2.24) is 9.55 Å². The summed E-state index contributed by atoms with van der Waals surface area (Å²) in [5.74, 6) is 0.618. The summed E-state index contributed by atoms with van der Waals surface area (Å²) >= 11 is 6.23. The van der Waals surface area contributed by atoms with Gasteiger partial charge in [0.05, 0.1) is 24.7 Å². The molecule has 0 atom stereocenters. The van der Waals surface area contributed by atoms with Crippen LogP contribution >= 0.6 is 11.6 Å². The second kappa shape index (κ2) is 5.26. The SMILES string of the molecule is COc1cccc(Cl)c1Cn1c(N)nc2ccc(F)cc21. The minimum absolute atomic E-state index is 0.303. The van der Waals surface area contributed by atoms with E-state index in [1.54, 1.807) is 29.9 Å². The van der Waals surface area contributed by atoms with E-state index in [1.165, 1.54) is 12.1 Å². The van der Waals surface area contributed by atoms with Gasteiger partial charge < -0.3 is 15.0 Å². The van der Waals surface area contributed by atoms with Gasteiger partial charge in [0.25, 0.3) is 0 Å². The van der Waals surface area contributed by atoms with Crippen LogP contribution in [-0.4, -0.2) is 16.7 Å². The molecule has 2 N–H and O–H groups in total. The van der Waals surface area contributed by atoms with Crippen LogP contribution in [0, 0.1) is 5.82 Å². The molecule has 0 amide bonds. The monoisotopic (exact) mass is 305 g/mol. The van der Waals surface area contributed by atoms with Gasteiger partial charge in [0.15, 0.2) is 0 Å². The Balaban J connectivity index is 2.14. The van der Waals surface area contributed by atoms with Crippen molar-refractivity contribution in [3.8, 4) is 5.75 Å². The second-order valence-electron chi connectivity index (χ2n) is 4.61. The van der Waals surface area contributed by atoms with Crippen LogP contribution in [0.5, 0.6) is 5.75 Å². The lowest BCUT2D eigenvalue weighted by molar-refractivity contribution is 0.409. The Labute approximate surface area is 125 Å². The van der Waals surface area contributed by atoms with Gasteiger partial charge in [-0.1, -0.05) is 17.7 Å². The fraction of sp³-hybridized carbons (Fsp3) is 0.133. The number of imidazole rings is 1. The molecule has 0 saturated heterocycles. The summed E-state index contributed by atoms with van der Waals surface area (Å²) in [6.07, 6.45) is 0. The number of rotatable bonds is 3. The van der Waals surface area contributed by atoms with Crippen LogP contribution in [0.3, 0.4) is 0 Å². The van der Waals surface area contributed by atoms with Gasteiger partial charge in [-0.2, -0.15) is 0 Å². The molecule has 108 valence electrons. The van der Waals surface area contributed by atoms with Gasteiger partial charge in [0, 0.05) is 10.6 Å². The Morgan fingerprint density at radius 1 is 1.33 bits per heavy atom. The van der Waals surface area contributed by atoms with E-state index in [0.29, 0.717) is 34.3 Å². The van der Waals surface area contributed by atoms with Crippen LogP contribution in [0.15, 0.2) is 36.4 Å². The van der Waals surface area contributed by atoms with Crippen LogP contribution < -0.4 is 10.5 Å². The number of hydrogen-bond donors (Lipinski definition) is 1. The molecule has 4 nitrogen and oxygen atoms in total. The number of aromatic nitrogens is 2. The average molecular weight is 306 g/mol. The van der Waals surface area contributed by atoms with Crippen LogP contribution in [0.4, 0.5) is 10.3 Å². The maximum atomic E-state index is 13.5. The third-order valence-electron chi connectivity index (χ3n) is 3.35. The van der Waals surface area contributed by atoms with Crippen molar-refractivity contribution in [3.63, 3.8) is 0 Å². The molecule has 0 unspecified atom stereocenters. The highest BCUT2D eigenvalue weighted by Gasteiger charge is 2.14. The van der Waals surface area contributed by atoms with E-state index in [1.807, 2.05) is 6.07 Å². The maximum absolute atomic E-state index is 13.5. The van der Waals surface area contributed by atoms with Crippen LogP contribution in [-0.2, 0) is 6.54 Å². The first-order valence-electron chi connectivity index (χ1n) is 6.33. The van der Waals surface area contributed by atoms with E-state index in [0.717, 1.165) is 5.56 Å². The molecule has 6 heteroatoms. The van der Waals surface area contributed by atoms with Crippen LogP contribution in [0.1, 0.15) is 5.56 Å². The van der Waals surface area contributed by atoms with Gasteiger partial charge in [-0.25, -0.2) is 9.37 Å². The lowest BCUT2D eigenvalue weighted by Gasteiger charge is -2.12. The average Bonchev–Trinajstić information content (AvgIpc) is 2.77. The van der Waals surface area contributed by atoms with Gasteiger partial charge in [-0.05, 0) is 30.3 Å². The molecule has 2 aromatic carbocycles. The molecule has 0 fully saturated rings. The van der Waals surface area contributed by atoms with Crippen molar-refractivity contribution in [1.29, 1.82) is 0 Å². The third kappa shape index (κ3) is 2.40. The van der Waals surface area contributed by atoms with Crippen molar-refractivity contribution in [2.24, 2.45) is 0 Å². The molecular weight excluding hydrogens is 293 g/mol. The highest BCUT2D eigenvalue weighted by molar-refractivity contribution is 6.31. The molecule has 3 aromatic rings. The fourth-order valence-corrected chi connectivity index (χ4v) is 2.55. The summed E-state index contributed by atoms with van der Waals surface area (Å²) in [6.45, 7) is 0.356. The highest BCUT2D eigenvalue weighted by Crippen LogP contribution is 2.29. The molecule has 0 aliphatic carbocycles. The fourth-order valence-electron chi connectivity index (χ4n) is 2.32. The summed E-state index contributed by atoms with van der Waals surface area (Å²) in [4.78, 5) is 4.23. The molecule has 1 aromatic heterocycles. The first-order chi connectivity index (χ1) is 10.1. The minimum Gasteiger partial charge on any atom is -0.496 e. The molecule has 3 rings (SSSR count). The van der Waals surface area contributed by atoms with Crippen molar-refractivity contribution >= 4 is 28.6 Å². The Hall–Kier alpha value is -2.27. The largest absolute Gasteiger partial charge is 0.496 e. The first-order valence-corrected chi connectivity index (χ1v) is 6.70. The number of nitrogen functional groups attached to an aromatic ring is 1. The van der Waals surface area contributed by atoms with Gasteiger partial charge in [-0.15, -0.1) is 0 Å². The molecule has 21 heavy (non-hydrogen) atoms. The summed E-state index contributed by atoms with van der Waals surface area (Å²) < 4.78 is 20.5. The topological polar surface area (TPSA) is 53.1 Å². The smallest absolute Gasteiger partial charge is 0.201 e. The van der Waals surface area contributed by atoms with E-state index < -0.39 is 0 Å². The zero-order valence-electron chi connectivity index (χ0n) is 11.3. The number of benzene rings is 2. The van der Waals surface area contributed by atoms with E-state index >= 15 is 0 Å². The molecule has 0 aliphatic heterocycles. The predicted molar refractivity (Wildman–Crippen MR) is 81.2 cm³/mol. The van der Waals surface area contributed by atoms with Gasteiger partial charge in [0.1, 0.15) is 11.6 Å². The van der Waals surface area contributed by atoms with Crippen LogP contribution in [0.2, 0.25) is 5.02 Å². The van der Waals surface area contributed by atoms with E-state index in [-0.39, 0.29) is 5.82 Å². The maximum Gasteiger partial charge on any atom is 0.201 e. The van der Waals surface area contributed by atoms with Crippen molar-refractivity contribution in [2.75, 3.05) is 12.8 Å². The molecular formula is C15H13ClFN3O. The zero-order valence-corrected chi connectivity index (χ0v) is 12.1. The number of nitrogens with two attached hydrogens (primary N) is 1. The van der Waals surface area contributed by atoms with E-state index in [9.17, 15) is 4.39 Å². The number of hydrogen-bond acceptors (Lipinski definition) is 3. The molecule has 0 radical (unpaired) electrons. The minimum atomic E-state index is -0.338. The molecule has 0 aliphatic rings. The second-order valence-corrected chi connectivity index (χ2v) is 5.02. The van der Waals surface area contributed by atoms with Crippen molar-refractivity contribution < 1.29 is 9.13 Å². The lowest BCUT2D eigenvalue weighted by Crippen LogP contribution is -2.06. The zero-order chi connectivity index (χ0) is 15.0. The number of fused-ring (bicyclic) bond motifs is 1. The van der Waals surface area contributed by atoms with E-state index in [4.69, 9.17) is 22.1 Å². The summed E-state index contributed by atoms with van der Waals surface area (Å²) in [7, 11) is 1.57. The van der Waals surface area contributed by atoms with Crippen molar-refractivity contribution in [2.45, 2.75) is 6.54 Å². The predicted octanol–water partition coefficient (Wildman–Crippen LogP) is 3.47. The molecule has 0 spiro atoms. The van der Waals surface area contributed by atoms with Gasteiger partial charge in [-0.3, -0.25) is 0 Å². The van der Waals surface area contributed by atoms with Crippen molar-refractivity contribution in [3.05, 3.63) is 52.8 Å². The summed E-state index contributed by atoms with van der Waals surface area (Å²) in [6, 6.07) is 9.75. The summed E-state index contributed by atoms with van der Waals surface area (Å²) in [5.41, 5.74) is 7.97. The van der Waals surface area contributed by atoms with Gasteiger partial charge in [0.2, 0.25) is 5.95 Å². The normalized spacial score (nSPS) is 11.0. The van der Waals surface area contributed by atoms with Gasteiger partial charge >= 0.3 is 0 Å². The van der Waals surface area contributed by atoms with Crippen LogP contribution in [0.25, 0.3) is 11.0 Å². The first kappa shape index (κ1) is 13.7.